The molecule has 0 saturated heterocycles. The third-order valence-corrected chi connectivity index (χ3v) is 5.56. The maximum atomic E-state index is 13.0. The van der Waals surface area contributed by atoms with Crippen LogP contribution < -0.4 is 0 Å². The SMILES string of the molecule is Cc1ccc(S(=O)(=O)n2cc(C#N)c3c4[nH]ncc4cnc32)cc1. The number of fused-ring (bicyclic) bond motifs is 3. The number of aromatic amines is 1. The molecule has 4 aromatic rings. The maximum absolute atomic E-state index is 13.0. The number of hydrogen-bond acceptors (Lipinski definition) is 5. The number of aryl methyl sites for hydroxylation is 1. The van der Waals surface area contributed by atoms with Crippen molar-refractivity contribution >= 4 is 32.0 Å². The molecule has 0 amide bonds. The highest BCUT2D eigenvalue weighted by Crippen LogP contribution is 2.29. The average molecular weight is 337 g/mol. The summed E-state index contributed by atoms with van der Waals surface area (Å²) in [6.45, 7) is 1.88. The van der Waals surface area contributed by atoms with Gasteiger partial charge in [-0.15, -0.1) is 0 Å². The summed E-state index contributed by atoms with van der Waals surface area (Å²) < 4.78 is 26.9. The molecule has 8 heteroatoms. The van der Waals surface area contributed by atoms with E-state index in [2.05, 4.69) is 15.2 Å². The first-order chi connectivity index (χ1) is 11.5. The second-order valence-corrected chi connectivity index (χ2v) is 7.24. The summed E-state index contributed by atoms with van der Waals surface area (Å²) in [5.41, 5.74) is 1.97. The molecule has 0 fully saturated rings. The van der Waals surface area contributed by atoms with Gasteiger partial charge in [0.2, 0.25) is 0 Å². The van der Waals surface area contributed by atoms with Crippen molar-refractivity contribution in [1.29, 1.82) is 5.26 Å². The summed E-state index contributed by atoms with van der Waals surface area (Å²) in [6.07, 6.45) is 4.41. The van der Waals surface area contributed by atoms with Crippen molar-refractivity contribution < 1.29 is 8.42 Å². The fourth-order valence-corrected chi connectivity index (χ4v) is 3.98. The third-order valence-electron chi connectivity index (χ3n) is 3.89. The lowest BCUT2D eigenvalue weighted by Crippen LogP contribution is -2.12. The van der Waals surface area contributed by atoms with E-state index < -0.39 is 10.0 Å². The van der Waals surface area contributed by atoms with Crippen LogP contribution in [0.15, 0.2) is 47.8 Å². The fourth-order valence-electron chi connectivity index (χ4n) is 2.66. The number of pyridine rings is 1. The van der Waals surface area contributed by atoms with Gasteiger partial charge in [-0.3, -0.25) is 5.10 Å². The number of benzene rings is 1. The van der Waals surface area contributed by atoms with Crippen molar-refractivity contribution in [3.63, 3.8) is 0 Å². The standard InChI is InChI=1S/C16H11N5O2S/c1-10-2-4-13(5-3-10)24(22,23)21-9-11(6-17)14-15-12(8-19-20-15)7-18-16(14)21/h2-5,7-9H,1H3,(H,19,20). The molecule has 1 aromatic carbocycles. The van der Waals surface area contributed by atoms with Crippen LogP contribution in [0.3, 0.4) is 0 Å². The van der Waals surface area contributed by atoms with Gasteiger partial charge in [0.05, 0.1) is 27.6 Å². The molecule has 24 heavy (non-hydrogen) atoms. The van der Waals surface area contributed by atoms with Gasteiger partial charge in [0.1, 0.15) is 6.07 Å². The second kappa shape index (κ2) is 4.91. The molecule has 0 unspecified atom stereocenters. The highest BCUT2D eigenvalue weighted by molar-refractivity contribution is 7.90. The Morgan fingerprint density at radius 3 is 2.67 bits per heavy atom. The lowest BCUT2D eigenvalue weighted by atomic mass is 10.2. The molecule has 0 aliphatic carbocycles. The van der Waals surface area contributed by atoms with Crippen LogP contribution in [0.25, 0.3) is 21.9 Å². The normalized spacial score (nSPS) is 11.8. The second-order valence-electron chi connectivity index (χ2n) is 5.43. The van der Waals surface area contributed by atoms with Crippen molar-refractivity contribution in [3.8, 4) is 6.07 Å². The molecule has 0 spiro atoms. The van der Waals surface area contributed by atoms with Crippen molar-refractivity contribution in [2.45, 2.75) is 11.8 Å². The van der Waals surface area contributed by atoms with Crippen LogP contribution in [0, 0.1) is 18.3 Å². The first kappa shape index (κ1) is 14.4. The Bertz CT molecular complexity index is 1230. The smallest absolute Gasteiger partial charge is 0.269 e. The van der Waals surface area contributed by atoms with Crippen LogP contribution in [0.5, 0.6) is 0 Å². The molecule has 0 aliphatic rings. The quantitative estimate of drug-likeness (QED) is 0.604. The van der Waals surface area contributed by atoms with Gasteiger partial charge in [-0.05, 0) is 19.1 Å². The summed E-state index contributed by atoms with van der Waals surface area (Å²) in [7, 11) is -3.85. The lowest BCUT2D eigenvalue weighted by Gasteiger charge is -2.07. The molecule has 7 nitrogen and oxygen atoms in total. The number of H-pyrrole nitrogens is 1. The van der Waals surface area contributed by atoms with Gasteiger partial charge >= 0.3 is 0 Å². The van der Waals surface area contributed by atoms with Crippen molar-refractivity contribution in [1.82, 2.24) is 19.2 Å². The van der Waals surface area contributed by atoms with Crippen molar-refractivity contribution in [2.24, 2.45) is 0 Å². The minimum Gasteiger partial charge on any atom is -0.277 e. The van der Waals surface area contributed by atoms with E-state index in [9.17, 15) is 13.7 Å². The highest BCUT2D eigenvalue weighted by atomic mass is 32.2. The van der Waals surface area contributed by atoms with Gasteiger partial charge in [-0.1, -0.05) is 17.7 Å². The summed E-state index contributed by atoms with van der Waals surface area (Å²) >= 11 is 0. The van der Waals surface area contributed by atoms with E-state index in [0.29, 0.717) is 16.3 Å². The zero-order valence-corrected chi connectivity index (χ0v) is 13.4. The third kappa shape index (κ3) is 1.92. The molecule has 0 atom stereocenters. The molecule has 4 rings (SSSR count). The summed E-state index contributed by atoms with van der Waals surface area (Å²) in [6, 6.07) is 8.56. The van der Waals surface area contributed by atoms with E-state index in [-0.39, 0.29) is 16.1 Å². The van der Waals surface area contributed by atoms with Gasteiger partial charge in [-0.2, -0.15) is 10.4 Å². The monoisotopic (exact) mass is 337 g/mol. The fraction of sp³-hybridized carbons (Fsp3) is 0.0625. The largest absolute Gasteiger partial charge is 0.277 e. The summed E-state index contributed by atoms with van der Waals surface area (Å²) in [4.78, 5) is 4.37. The predicted octanol–water partition coefficient (Wildman–Crippen LogP) is 2.33. The van der Waals surface area contributed by atoms with E-state index in [0.717, 1.165) is 9.54 Å². The Labute approximate surface area is 137 Å². The van der Waals surface area contributed by atoms with Gasteiger partial charge in [0, 0.05) is 17.8 Å². The predicted molar refractivity (Wildman–Crippen MR) is 87.9 cm³/mol. The van der Waals surface area contributed by atoms with E-state index >= 15 is 0 Å². The van der Waals surface area contributed by atoms with Gasteiger partial charge < -0.3 is 0 Å². The zero-order valence-electron chi connectivity index (χ0n) is 12.6. The molecular weight excluding hydrogens is 326 g/mol. The highest BCUT2D eigenvalue weighted by Gasteiger charge is 2.23. The van der Waals surface area contributed by atoms with Crippen molar-refractivity contribution in [2.75, 3.05) is 0 Å². The van der Waals surface area contributed by atoms with Crippen LogP contribution in [0.2, 0.25) is 0 Å². The molecular formula is C16H11N5O2S. The van der Waals surface area contributed by atoms with E-state index in [4.69, 9.17) is 0 Å². The molecule has 0 radical (unpaired) electrons. The number of rotatable bonds is 2. The van der Waals surface area contributed by atoms with Gasteiger partial charge in [-0.25, -0.2) is 17.4 Å². The van der Waals surface area contributed by atoms with E-state index in [1.54, 1.807) is 18.3 Å². The lowest BCUT2D eigenvalue weighted by molar-refractivity contribution is 0.588. The van der Waals surface area contributed by atoms with Crippen LogP contribution >= 0.6 is 0 Å². The number of nitriles is 1. The zero-order chi connectivity index (χ0) is 16.9. The first-order valence-electron chi connectivity index (χ1n) is 7.08. The summed E-state index contributed by atoms with van der Waals surface area (Å²) in [5.74, 6) is 0. The topological polar surface area (TPSA) is 104 Å². The Hall–Kier alpha value is -3.18. The maximum Gasteiger partial charge on any atom is 0.269 e. The molecule has 0 saturated carbocycles. The minimum absolute atomic E-state index is 0.140. The first-order valence-corrected chi connectivity index (χ1v) is 8.52. The van der Waals surface area contributed by atoms with Crippen LogP contribution in [0.4, 0.5) is 0 Å². The Kier molecular flexibility index (Phi) is 2.95. The molecule has 3 aromatic heterocycles. The Morgan fingerprint density at radius 2 is 1.96 bits per heavy atom. The van der Waals surface area contributed by atoms with E-state index in [1.807, 2.05) is 13.0 Å². The Balaban J connectivity index is 2.07. The molecule has 3 heterocycles. The number of nitrogens with zero attached hydrogens (tertiary/aromatic N) is 4. The van der Waals surface area contributed by atoms with Crippen LogP contribution in [0.1, 0.15) is 11.1 Å². The van der Waals surface area contributed by atoms with Crippen LogP contribution in [-0.4, -0.2) is 27.6 Å². The Morgan fingerprint density at radius 1 is 1.21 bits per heavy atom. The van der Waals surface area contributed by atoms with Gasteiger partial charge in [0.25, 0.3) is 10.0 Å². The summed E-state index contributed by atoms with van der Waals surface area (Å²) in [5, 5.41) is 17.3. The molecule has 0 aliphatic heterocycles. The number of hydrogen-bond donors (Lipinski definition) is 1. The van der Waals surface area contributed by atoms with E-state index in [1.165, 1.54) is 24.5 Å². The minimum atomic E-state index is -3.85. The van der Waals surface area contributed by atoms with Gasteiger partial charge in [0.15, 0.2) is 5.65 Å². The number of nitrogens with one attached hydrogen (secondary N) is 1. The average Bonchev–Trinajstić information content (AvgIpc) is 3.19. The number of aromatic nitrogens is 4. The van der Waals surface area contributed by atoms with Crippen LogP contribution in [-0.2, 0) is 10.0 Å². The molecule has 118 valence electrons. The molecule has 1 N–H and O–H groups in total. The van der Waals surface area contributed by atoms with Crippen molar-refractivity contribution in [3.05, 3.63) is 54.0 Å². The molecule has 0 bridgehead atoms.